The van der Waals surface area contributed by atoms with Gasteiger partial charge in [0, 0.05) is 11.6 Å². The van der Waals surface area contributed by atoms with E-state index in [2.05, 4.69) is 0 Å². The second-order valence-electron chi connectivity index (χ2n) is 4.65. The molecule has 1 N–H and O–H groups in total. The van der Waals surface area contributed by atoms with Gasteiger partial charge in [0.15, 0.2) is 0 Å². The van der Waals surface area contributed by atoms with Gasteiger partial charge in [0.1, 0.15) is 0 Å². The number of hydrogen-bond donors (Lipinski definition) is 1. The van der Waals surface area contributed by atoms with E-state index in [9.17, 15) is 9.90 Å². The van der Waals surface area contributed by atoms with Crippen molar-refractivity contribution in [2.24, 2.45) is 0 Å². The maximum atomic E-state index is 11.3. The van der Waals surface area contributed by atoms with E-state index in [0.29, 0.717) is 11.4 Å². The van der Waals surface area contributed by atoms with Crippen molar-refractivity contribution in [3.8, 4) is 0 Å². The molecule has 0 spiro atoms. The highest BCUT2D eigenvalue weighted by Crippen LogP contribution is 2.27. The zero-order valence-electron chi connectivity index (χ0n) is 10.1. The molecule has 0 bridgehead atoms. The number of benzene rings is 1. The average molecular weight is 269 g/mol. The molecule has 1 aromatic carbocycles. The first-order chi connectivity index (χ1) is 8.66. The summed E-state index contributed by atoms with van der Waals surface area (Å²) in [5.74, 6) is -1.25. The van der Waals surface area contributed by atoms with Crippen LogP contribution in [0.1, 0.15) is 37.2 Å². The summed E-state index contributed by atoms with van der Waals surface area (Å²) in [6.45, 7) is 0.809. The lowest BCUT2D eigenvalue weighted by molar-refractivity contribution is -0.139. The van der Waals surface area contributed by atoms with E-state index in [0.717, 1.165) is 31.4 Å². The van der Waals surface area contributed by atoms with Gasteiger partial charge in [-0.3, -0.25) is 4.79 Å². The lowest BCUT2D eigenvalue weighted by atomic mass is 9.92. The molecule has 0 aromatic heterocycles. The molecule has 1 aliphatic rings. The summed E-state index contributed by atoms with van der Waals surface area (Å²) >= 11 is 5.81. The smallest absolute Gasteiger partial charge is 0.310 e. The Morgan fingerprint density at radius 1 is 1.44 bits per heavy atom. The van der Waals surface area contributed by atoms with Crippen LogP contribution in [-0.4, -0.2) is 23.8 Å². The number of rotatable bonds is 5. The highest BCUT2D eigenvalue weighted by atomic mass is 35.5. The van der Waals surface area contributed by atoms with Crippen LogP contribution in [0, 0.1) is 0 Å². The van der Waals surface area contributed by atoms with Crippen molar-refractivity contribution in [3.63, 3.8) is 0 Å². The highest BCUT2D eigenvalue weighted by molar-refractivity contribution is 6.30. The SMILES string of the molecule is O=C(O)C(CCC1CCCO1)c1ccc(Cl)cc1. The Hall–Kier alpha value is -1.06. The molecule has 0 amide bonds. The van der Waals surface area contributed by atoms with Crippen molar-refractivity contribution < 1.29 is 14.6 Å². The maximum Gasteiger partial charge on any atom is 0.310 e. The van der Waals surface area contributed by atoms with Gasteiger partial charge >= 0.3 is 5.97 Å². The van der Waals surface area contributed by atoms with Crippen molar-refractivity contribution in [3.05, 3.63) is 34.9 Å². The first-order valence-electron chi connectivity index (χ1n) is 6.26. The van der Waals surface area contributed by atoms with Gasteiger partial charge in [-0.2, -0.15) is 0 Å². The van der Waals surface area contributed by atoms with Crippen molar-refractivity contribution >= 4 is 17.6 Å². The predicted octanol–water partition coefficient (Wildman–Crippen LogP) is 3.47. The van der Waals surface area contributed by atoms with Crippen molar-refractivity contribution in [1.29, 1.82) is 0 Å². The number of hydrogen-bond acceptors (Lipinski definition) is 2. The molecule has 18 heavy (non-hydrogen) atoms. The molecular weight excluding hydrogens is 252 g/mol. The van der Waals surface area contributed by atoms with Gasteiger partial charge in [-0.1, -0.05) is 23.7 Å². The first-order valence-corrected chi connectivity index (χ1v) is 6.64. The van der Waals surface area contributed by atoms with E-state index in [1.807, 2.05) is 0 Å². The summed E-state index contributed by atoms with van der Waals surface area (Å²) in [5.41, 5.74) is 0.810. The quantitative estimate of drug-likeness (QED) is 0.889. The van der Waals surface area contributed by atoms with Crippen molar-refractivity contribution in [1.82, 2.24) is 0 Å². The number of carbonyl (C=O) groups is 1. The number of carboxylic acids is 1. The third kappa shape index (κ3) is 3.47. The summed E-state index contributed by atoms with van der Waals surface area (Å²) in [4.78, 5) is 11.3. The van der Waals surface area contributed by atoms with E-state index in [4.69, 9.17) is 16.3 Å². The molecule has 98 valence electrons. The van der Waals surface area contributed by atoms with Crippen LogP contribution in [0.15, 0.2) is 24.3 Å². The molecule has 2 unspecified atom stereocenters. The fraction of sp³-hybridized carbons (Fsp3) is 0.500. The fourth-order valence-corrected chi connectivity index (χ4v) is 2.48. The van der Waals surface area contributed by atoms with E-state index < -0.39 is 11.9 Å². The van der Waals surface area contributed by atoms with Gasteiger partial charge in [0.05, 0.1) is 12.0 Å². The minimum Gasteiger partial charge on any atom is -0.481 e. The van der Waals surface area contributed by atoms with Crippen LogP contribution in [0.4, 0.5) is 0 Å². The second-order valence-corrected chi connectivity index (χ2v) is 5.09. The summed E-state index contributed by atoms with van der Waals surface area (Å²) in [6, 6.07) is 7.05. The number of aliphatic carboxylic acids is 1. The Bertz CT molecular complexity index is 396. The molecule has 2 atom stereocenters. The van der Waals surface area contributed by atoms with Gasteiger partial charge in [-0.25, -0.2) is 0 Å². The molecule has 0 saturated carbocycles. The third-order valence-electron chi connectivity index (χ3n) is 3.37. The minimum atomic E-state index is -0.782. The number of halogens is 1. The summed E-state index contributed by atoms with van der Waals surface area (Å²) in [5, 5.41) is 9.92. The maximum absolute atomic E-state index is 11.3. The van der Waals surface area contributed by atoms with Gasteiger partial charge < -0.3 is 9.84 Å². The van der Waals surface area contributed by atoms with Gasteiger partial charge in [-0.05, 0) is 43.4 Å². The minimum absolute atomic E-state index is 0.235. The van der Waals surface area contributed by atoms with Gasteiger partial charge in [-0.15, -0.1) is 0 Å². The van der Waals surface area contributed by atoms with E-state index >= 15 is 0 Å². The molecule has 2 rings (SSSR count). The van der Waals surface area contributed by atoms with Crippen molar-refractivity contribution in [2.75, 3.05) is 6.61 Å². The molecule has 1 aromatic rings. The van der Waals surface area contributed by atoms with Crippen LogP contribution in [0.5, 0.6) is 0 Å². The van der Waals surface area contributed by atoms with Crippen LogP contribution in [-0.2, 0) is 9.53 Å². The van der Waals surface area contributed by atoms with Crippen LogP contribution in [0.2, 0.25) is 5.02 Å². The van der Waals surface area contributed by atoms with Gasteiger partial charge in [0.25, 0.3) is 0 Å². The Labute approximate surface area is 112 Å². The Kier molecular flexibility index (Phi) is 4.61. The number of ether oxygens (including phenoxy) is 1. The summed E-state index contributed by atoms with van der Waals surface area (Å²) in [6.07, 6.45) is 3.79. The largest absolute Gasteiger partial charge is 0.481 e. The Morgan fingerprint density at radius 2 is 2.17 bits per heavy atom. The molecule has 1 aliphatic heterocycles. The summed E-state index contributed by atoms with van der Waals surface area (Å²) < 4.78 is 5.52. The third-order valence-corrected chi connectivity index (χ3v) is 3.62. The molecular formula is C14H17ClO3. The van der Waals surface area contributed by atoms with Gasteiger partial charge in [0.2, 0.25) is 0 Å². The predicted molar refractivity (Wildman–Crippen MR) is 70.0 cm³/mol. The Balaban J connectivity index is 1.99. The number of carboxylic acid groups (broad SMARTS) is 1. The molecule has 3 nitrogen and oxygen atoms in total. The molecule has 1 fully saturated rings. The summed E-state index contributed by atoms with van der Waals surface area (Å²) in [7, 11) is 0. The zero-order valence-corrected chi connectivity index (χ0v) is 10.9. The highest BCUT2D eigenvalue weighted by Gasteiger charge is 2.23. The average Bonchev–Trinajstić information content (AvgIpc) is 2.84. The van der Waals surface area contributed by atoms with E-state index in [1.165, 1.54) is 0 Å². The lowest BCUT2D eigenvalue weighted by Crippen LogP contribution is -2.15. The molecule has 4 heteroatoms. The van der Waals surface area contributed by atoms with E-state index in [-0.39, 0.29) is 6.10 Å². The van der Waals surface area contributed by atoms with Crippen LogP contribution in [0.3, 0.4) is 0 Å². The first kappa shape index (κ1) is 13.4. The molecule has 1 heterocycles. The topological polar surface area (TPSA) is 46.5 Å². The second kappa shape index (κ2) is 6.21. The van der Waals surface area contributed by atoms with Crippen LogP contribution in [0.25, 0.3) is 0 Å². The molecule has 0 radical (unpaired) electrons. The molecule has 1 saturated heterocycles. The van der Waals surface area contributed by atoms with Crippen LogP contribution >= 0.6 is 11.6 Å². The Morgan fingerprint density at radius 3 is 2.72 bits per heavy atom. The van der Waals surface area contributed by atoms with Crippen molar-refractivity contribution in [2.45, 2.75) is 37.7 Å². The fourth-order valence-electron chi connectivity index (χ4n) is 2.35. The van der Waals surface area contributed by atoms with Crippen LogP contribution < -0.4 is 0 Å². The standard InChI is InChI=1S/C14H17ClO3/c15-11-5-3-10(4-6-11)13(14(16)17)8-7-12-2-1-9-18-12/h3-6,12-13H,1-2,7-9H2,(H,16,17). The normalized spacial score (nSPS) is 20.8. The monoisotopic (exact) mass is 268 g/mol. The lowest BCUT2D eigenvalue weighted by Gasteiger charge is -2.15. The van der Waals surface area contributed by atoms with E-state index in [1.54, 1.807) is 24.3 Å². The molecule has 0 aliphatic carbocycles. The zero-order chi connectivity index (χ0) is 13.0.